The van der Waals surface area contributed by atoms with E-state index in [0.29, 0.717) is 27.9 Å². The van der Waals surface area contributed by atoms with Crippen LogP contribution in [0, 0.1) is 0 Å². The van der Waals surface area contributed by atoms with E-state index in [1.165, 1.54) is 31.4 Å². The van der Waals surface area contributed by atoms with Crippen LogP contribution < -0.4 is 11.1 Å². The first-order valence-electron chi connectivity index (χ1n) is 6.69. The van der Waals surface area contributed by atoms with Crippen molar-refractivity contribution in [3.05, 3.63) is 64.1 Å². The van der Waals surface area contributed by atoms with Crippen LogP contribution in [-0.2, 0) is 4.74 Å². The molecule has 3 aromatic rings. The molecular formula is C16H12N2O5. The van der Waals surface area contributed by atoms with Gasteiger partial charge in [0.05, 0.1) is 18.2 Å². The first kappa shape index (κ1) is 14.6. The van der Waals surface area contributed by atoms with Crippen LogP contribution in [0.3, 0.4) is 0 Å². The summed E-state index contributed by atoms with van der Waals surface area (Å²) in [6, 6.07) is 10.9. The number of methoxy groups -OCH3 is 1. The summed E-state index contributed by atoms with van der Waals surface area (Å²) in [5, 5.41) is 2.70. The monoisotopic (exact) mass is 312 g/mol. The van der Waals surface area contributed by atoms with Crippen molar-refractivity contribution in [3.63, 3.8) is 0 Å². The minimum absolute atomic E-state index is 0.341. The molecule has 3 rings (SSSR count). The molecule has 0 aliphatic rings. The van der Waals surface area contributed by atoms with Gasteiger partial charge >= 0.3 is 11.7 Å². The van der Waals surface area contributed by atoms with Crippen molar-refractivity contribution >= 4 is 28.7 Å². The summed E-state index contributed by atoms with van der Waals surface area (Å²) in [5.74, 6) is -1.36. The molecule has 1 amide bonds. The van der Waals surface area contributed by atoms with Crippen molar-refractivity contribution in [2.75, 3.05) is 12.4 Å². The van der Waals surface area contributed by atoms with Crippen molar-refractivity contribution in [2.24, 2.45) is 0 Å². The fourth-order valence-electron chi connectivity index (χ4n) is 2.11. The molecule has 0 fully saturated rings. The van der Waals surface area contributed by atoms with E-state index in [9.17, 15) is 14.4 Å². The lowest BCUT2D eigenvalue weighted by atomic mass is 10.1. The van der Waals surface area contributed by atoms with Crippen molar-refractivity contribution in [1.82, 2.24) is 4.98 Å². The number of anilines is 1. The Morgan fingerprint density at radius 2 is 1.78 bits per heavy atom. The van der Waals surface area contributed by atoms with E-state index < -0.39 is 11.7 Å². The maximum Gasteiger partial charge on any atom is 0.417 e. The Balaban J connectivity index is 1.79. The Morgan fingerprint density at radius 3 is 2.48 bits per heavy atom. The Kier molecular flexibility index (Phi) is 3.68. The van der Waals surface area contributed by atoms with Crippen molar-refractivity contribution in [2.45, 2.75) is 0 Å². The zero-order valence-corrected chi connectivity index (χ0v) is 12.1. The van der Waals surface area contributed by atoms with Gasteiger partial charge in [0, 0.05) is 11.3 Å². The van der Waals surface area contributed by atoms with Gasteiger partial charge in [-0.25, -0.2) is 9.59 Å². The van der Waals surface area contributed by atoms with E-state index in [-0.39, 0.29) is 5.91 Å². The van der Waals surface area contributed by atoms with Crippen LogP contribution in [-0.4, -0.2) is 24.0 Å². The number of amides is 1. The van der Waals surface area contributed by atoms with Crippen molar-refractivity contribution in [1.29, 1.82) is 0 Å². The molecule has 23 heavy (non-hydrogen) atoms. The third-order valence-electron chi connectivity index (χ3n) is 3.25. The number of hydrogen-bond donors (Lipinski definition) is 2. The SMILES string of the molecule is COC(=O)c1ccc(C(=O)Nc2ccc3oc(=O)[nH]c3c2)cc1. The fourth-order valence-corrected chi connectivity index (χ4v) is 2.11. The number of carbonyl (C=O) groups is 2. The molecular weight excluding hydrogens is 300 g/mol. The molecule has 0 spiro atoms. The van der Waals surface area contributed by atoms with Gasteiger partial charge < -0.3 is 14.5 Å². The Morgan fingerprint density at radius 1 is 1.09 bits per heavy atom. The predicted molar refractivity (Wildman–Crippen MR) is 82.6 cm³/mol. The molecule has 1 aromatic heterocycles. The lowest BCUT2D eigenvalue weighted by Crippen LogP contribution is -2.12. The summed E-state index contributed by atoms with van der Waals surface area (Å²) in [5.41, 5.74) is 2.17. The number of oxazole rings is 1. The number of carbonyl (C=O) groups excluding carboxylic acids is 2. The van der Waals surface area contributed by atoms with Crippen molar-refractivity contribution < 1.29 is 18.7 Å². The summed E-state index contributed by atoms with van der Waals surface area (Å²) in [7, 11) is 1.29. The molecule has 2 aromatic carbocycles. The average molecular weight is 312 g/mol. The Labute approximate surface area is 129 Å². The molecule has 0 aliphatic carbocycles. The molecule has 0 bridgehead atoms. The second-order valence-corrected chi connectivity index (χ2v) is 4.75. The number of aromatic amines is 1. The standard InChI is InChI=1S/C16H12N2O5/c1-22-15(20)10-4-2-9(3-5-10)14(19)17-11-6-7-13-12(8-11)18-16(21)23-13/h2-8H,1H3,(H,17,19)(H,18,21). The molecule has 2 N–H and O–H groups in total. The van der Waals surface area contributed by atoms with Gasteiger partial charge in [-0.15, -0.1) is 0 Å². The summed E-state index contributed by atoms with van der Waals surface area (Å²) < 4.78 is 9.49. The summed E-state index contributed by atoms with van der Waals surface area (Å²) in [6.45, 7) is 0. The largest absolute Gasteiger partial charge is 0.465 e. The number of esters is 1. The van der Waals surface area contributed by atoms with Crippen LogP contribution >= 0.6 is 0 Å². The predicted octanol–water partition coefficient (Wildman–Crippen LogP) is 2.16. The van der Waals surface area contributed by atoms with Crippen molar-refractivity contribution in [3.8, 4) is 0 Å². The van der Waals surface area contributed by atoms with E-state index in [2.05, 4.69) is 15.0 Å². The van der Waals surface area contributed by atoms with Gasteiger partial charge in [0.15, 0.2) is 5.58 Å². The van der Waals surface area contributed by atoms with E-state index in [4.69, 9.17) is 4.42 Å². The highest BCUT2D eigenvalue weighted by molar-refractivity contribution is 6.05. The molecule has 7 heteroatoms. The first-order valence-corrected chi connectivity index (χ1v) is 6.69. The molecule has 1 heterocycles. The van der Waals surface area contributed by atoms with Gasteiger partial charge in [0.2, 0.25) is 0 Å². The molecule has 0 unspecified atom stereocenters. The number of fused-ring (bicyclic) bond motifs is 1. The topological polar surface area (TPSA) is 101 Å². The molecule has 7 nitrogen and oxygen atoms in total. The second-order valence-electron chi connectivity index (χ2n) is 4.75. The molecule has 0 saturated carbocycles. The number of H-pyrrole nitrogens is 1. The minimum Gasteiger partial charge on any atom is -0.465 e. The number of aromatic nitrogens is 1. The summed E-state index contributed by atoms with van der Waals surface area (Å²) >= 11 is 0. The highest BCUT2D eigenvalue weighted by Gasteiger charge is 2.10. The summed E-state index contributed by atoms with van der Waals surface area (Å²) in [6.07, 6.45) is 0. The zero-order valence-electron chi connectivity index (χ0n) is 12.1. The van der Waals surface area contributed by atoms with Crippen LogP contribution in [0.2, 0.25) is 0 Å². The molecule has 0 atom stereocenters. The molecule has 116 valence electrons. The third kappa shape index (κ3) is 2.98. The van der Waals surface area contributed by atoms with Crippen LogP contribution in [0.25, 0.3) is 11.1 Å². The van der Waals surface area contributed by atoms with Gasteiger partial charge in [-0.3, -0.25) is 9.78 Å². The first-order chi connectivity index (χ1) is 11.1. The van der Waals surface area contributed by atoms with Crippen LogP contribution in [0.4, 0.5) is 5.69 Å². The number of rotatable bonds is 3. The number of ether oxygens (including phenoxy) is 1. The fraction of sp³-hybridized carbons (Fsp3) is 0.0625. The lowest BCUT2D eigenvalue weighted by molar-refractivity contribution is 0.0600. The maximum absolute atomic E-state index is 12.2. The average Bonchev–Trinajstić information content (AvgIpc) is 2.93. The molecule has 0 aliphatic heterocycles. The van der Waals surface area contributed by atoms with Crippen LogP contribution in [0.5, 0.6) is 0 Å². The third-order valence-corrected chi connectivity index (χ3v) is 3.25. The van der Waals surface area contributed by atoms with Gasteiger partial charge in [0.1, 0.15) is 0 Å². The summed E-state index contributed by atoms with van der Waals surface area (Å²) in [4.78, 5) is 37.2. The number of nitrogens with one attached hydrogen (secondary N) is 2. The highest BCUT2D eigenvalue weighted by atomic mass is 16.5. The Hall–Kier alpha value is -3.35. The van der Waals surface area contributed by atoms with Gasteiger partial charge in [-0.2, -0.15) is 0 Å². The zero-order chi connectivity index (χ0) is 16.4. The van der Waals surface area contributed by atoms with Gasteiger partial charge in [0.25, 0.3) is 5.91 Å². The van der Waals surface area contributed by atoms with E-state index in [1.54, 1.807) is 18.2 Å². The quantitative estimate of drug-likeness (QED) is 0.722. The maximum atomic E-state index is 12.2. The second kappa shape index (κ2) is 5.80. The highest BCUT2D eigenvalue weighted by Crippen LogP contribution is 2.17. The van der Waals surface area contributed by atoms with Crippen LogP contribution in [0.15, 0.2) is 51.7 Å². The number of benzene rings is 2. The minimum atomic E-state index is -0.554. The van der Waals surface area contributed by atoms with Crippen LogP contribution in [0.1, 0.15) is 20.7 Å². The smallest absolute Gasteiger partial charge is 0.417 e. The van der Waals surface area contributed by atoms with E-state index in [0.717, 1.165) is 0 Å². The molecule has 0 saturated heterocycles. The van der Waals surface area contributed by atoms with Gasteiger partial charge in [-0.05, 0) is 42.5 Å². The Bertz CT molecular complexity index is 937. The molecule has 0 radical (unpaired) electrons. The van der Waals surface area contributed by atoms with E-state index in [1.807, 2.05) is 0 Å². The normalized spacial score (nSPS) is 10.5. The number of hydrogen-bond acceptors (Lipinski definition) is 5. The van der Waals surface area contributed by atoms with Gasteiger partial charge in [-0.1, -0.05) is 0 Å². The van der Waals surface area contributed by atoms with E-state index >= 15 is 0 Å². The lowest BCUT2D eigenvalue weighted by Gasteiger charge is -2.06.